The third-order valence-electron chi connectivity index (χ3n) is 2.65. The zero-order valence-electron chi connectivity index (χ0n) is 8.25. The van der Waals surface area contributed by atoms with Gasteiger partial charge in [0.1, 0.15) is 0 Å². The van der Waals surface area contributed by atoms with Gasteiger partial charge in [-0.15, -0.1) is 0 Å². The quantitative estimate of drug-likeness (QED) is 0.755. The van der Waals surface area contributed by atoms with Crippen LogP contribution in [0.1, 0.15) is 12.1 Å². The van der Waals surface area contributed by atoms with Crippen molar-refractivity contribution in [2.45, 2.75) is 19.0 Å². The highest BCUT2D eigenvalue weighted by Gasteiger charge is 2.20. The van der Waals surface area contributed by atoms with Gasteiger partial charge in [-0.1, -0.05) is 11.3 Å². The molecule has 1 aliphatic rings. The van der Waals surface area contributed by atoms with Crippen LogP contribution in [0.2, 0.25) is 0 Å². The summed E-state index contributed by atoms with van der Waals surface area (Å²) >= 11 is 1.24. The van der Waals surface area contributed by atoms with Crippen LogP contribution in [0.25, 0.3) is 0 Å². The van der Waals surface area contributed by atoms with Gasteiger partial charge in [0.25, 0.3) is 0 Å². The van der Waals surface area contributed by atoms with Crippen LogP contribution < -0.4 is 10.2 Å². The lowest BCUT2D eigenvalue weighted by molar-refractivity contribution is 0.319. The maximum atomic E-state index is 10.9. The predicted molar refractivity (Wildman–Crippen MR) is 57.7 cm³/mol. The van der Waals surface area contributed by atoms with Crippen molar-refractivity contribution in [2.24, 2.45) is 0 Å². The van der Waals surface area contributed by atoms with Crippen LogP contribution in [0.3, 0.4) is 0 Å². The Balaban J connectivity index is 1.90. The second-order valence-electron chi connectivity index (χ2n) is 3.68. The van der Waals surface area contributed by atoms with E-state index in [9.17, 15) is 4.79 Å². The Labute approximate surface area is 86.9 Å². The average molecular weight is 213 g/mol. The van der Waals surface area contributed by atoms with Crippen LogP contribution in [-0.4, -0.2) is 36.1 Å². The van der Waals surface area contributed by atoms with Crippen LogP contribution >= 0.6 is 11.3 Å². The Morgan fingerprint density at radius 3 is 3.21 bits per heavy atom. The molecule has 1 unspecified atom stereocenters. The highest BCUT2D eigenvalue weighted by molar-refractivity contribution is 7.07. The van der Waals surface area contributed by atoms with Crippen LogP contribution in [-0.2, 0) is 6.54 Å². The van der Waals surface area contributed by atoms with E-state index in [0.717, 1.165) is 25.3 Å². The molecule has 2 rings (SSSR count). The number of likely N-dealkylation sites (N-methyl/N-ethyl adjacent to an activating group) is 1. The molecule has 5 heteroatoms. The van der Waals surface area contributed by atoms with Crippen LogP contribution in [0.15, 0.2) is 10.2 Å². The molecule has 0 amide bonds. The number of nitrogens with zero attached hydrogens (tertiary/aromatic N) is 1. The molecule has 0 aromatic carbocycles. The minimum atomic E-state index is 0.0457. The third kappa shape index (κ3) is 2.23. The summed E-state index contributed by atoms with van der Waals surface area (Å²) in [6.07, 6.45) is 1.20. The molecule has 0 spiro atoms. The lowest BCUT2D eigenvalue weighted by Gasteiger charge is -2.14. The van der Waals surface area contributed by atoms with E-state index in [1.165, 1.54) is 17.8 Å². The van der Waals surface area contributed by atoms with E-state index in [1.807, 2.05) is 12.4 Å². The fraction of sp³-hybridized carbons (Fsp3) is 0.667. The largest absolute Gasteiger partial charge is 0.316 e. The topological polar surface area (TPSA) is 48.1 Å². The number of aromatic amines is 1. The van der Waals surface area contributed by atoms with Crippen LogP contribution in [0.5, 0.6) is 0 Å². The SMILES string of the molecule is CNC1CCN(Cc2csc(=O)[nH]2)C1. The second-order valence-corrected chi connectivity index (χ2v) is 4.52. The first kappa shape index (κ1) is 9.89. The number of likely N-dealkylation sites (tertiary alicyclic amines) is 1. The summed E-state index contributed by atoms with van der Waals surface area (Å²) in [4.78, 5) is 16.2. The number of hydrogen-bond donors (Lipinski definition) is 2. The zero-order chi connectivity index (χ0) is 9.97. The van der Waals surface area contributed by atoms with Gasteiger partial charge < -0.3 is 10.3 Å². The number of rotatable bonds is 3. The molecule has 78 valence electrons. The number of hydrogen-bond acceptors (Lipinski definition) is 4. The van der Waals surface area contributed by atoms with Gasteiger partial charge in [0.2, 0.25) is 0 Å². The van der Waals surface area contributed by atoms with Crippen molar-refractivity contribution < 1.29 is 0 Å². The normalized spacial score (nSPS) is 23.1. The van der Waals surface area contributed by atoms with Crippen molar-refractivity contribution in [3.8, 4) is 0 Å². The standard InChI is InChI=1S/C9H15N3OS/c1-10-7-2-3-12(4-7)5-8-6-14-9(13)11-8/h6-7,10H,2-5H2,1H3,(H,11,13). The summed E-state index contributed by atoms with van der Waals surface area (Å²) in [5, 5.41) is 5.19. The van der Waals surface area contributed by atoms with E-state index in [0.29, 0.717) is 6.04 Å². The summed E-state index contributed by atoms with van der Waals surface area (Å²) in [6.45, 7) is 3.06. The molecule has 0 saturated carbocycles. The highest BCUT2D eigenvalue weighted by Crippen LogP contribution is 2.11. The van der Waals surface area contributed by atoms with Gasteiger partial charge in [0.15, 0.2) is 0 Å². The number of H-pyrrole nitrogens is 1. The van der Waals surface area contributed by atoms with Crippen molar-refractivity contribution in [3.63, 3.8) is 0 Å². The molecule has 1 atom stereocenters. The van der Waals surface area contributed by atoms with E-state index >= 15 is 0 Å². The van der Waals surface area contributed by atoms with Crippen molar-refractivity contribution >= 4 is 11.3 Å². The first-order valence-corrected chi connectivity index (χ1v) is 5.72. The van der Waals surface area contributed by atoms with E-state index in [4.69, 9.17) is 0 Å². The lowest BCUT2D eigenvalue weighted by Crippen LogP contribution is -2.29. The molecule has 0 radical (unpaired) electrons. The van der Waals surface area contributed by atoms with E-state index in [2.05, 4.69) is 15.2 Å². The molecular formula is C9H15N3OS. The molecule has 1 saturated heterocycles. The molecule has 14 heavy (non-hydrogen) atoms. The maximum Gasteiger partial charge on any atom is 0.304 e. The fourth-order valence-corrected chi connectivity index (χ4v) is 2.42. The molecule has 1 aromatic heterocycles. The van der Waals surface area contributed by atoms with Gasteiger partial charge in [0.05, 0.1) is 0 Å². The molecule has 2 heterocycles. The fourth-order valence-electron chi connectivity index (χ4n) is 1.84. The van der Waals surface area contributed by atoms with Gasteiger partial charge in [-0.3, -0.25) is 9.69 Å². The van der Waals surface area contributed by atoms with Gasteiger partial charge in [-0.05, 0) is 13.5 Å². The molecule has 0 bridgehead atoms. The summed E-state index contributed by atoms with van der Waals surface area (Å²) < 4.78 is 0. The Hall–Kier alpha value is -0.650. The van der Waals surface area contributed by atoms with Crippen molar-refractivity contribution in [1.29, 1.82) is 0 Å². The molecular weight excluding hydrogens is 198 g/mol. The van der Waals surface area contributed by atoms with Gasteiger partial charge in [-0.25, -0.2) is 0 Å². The maximum absolute atomic E-state index is 10.9. The molecule has 0 aliphatic carbocycles. The summed E-state index contributed by atoms with van der Waals surface area (Å²) in [7, 11) is 2.00. The predicted octanol–water partition coefficient (Wildman–Crippen LogP) is 0.230. The Morgan fingerprint density at radius 1 is 1.79 bits per heavy atom. The lowest BCUT2D eigenvalue weighted by atomic mass is 10.3. The average Bonchev–Trinajstić information content (AvgIpc) is 2.76. The molecule has 1 aromatic rings. The van der Waals surface area contributed by atoms with E-state index < -0.39 is 0 Å². The summed E-state index contributed by atoms with van der Waals surface area (Å²) in [5.41, 5.74) is 1.04. The second kappa shape index (κ2) is 4.25. The summed E-state index contributed by atoms with van der Waals surface area (Å²) in [6, 6.07) is 0.611. The molecule has 2 N–H and O–H groups in total. The Kier molecular flexibility index (Phi) is 3.00. The zero-order valence-corrected chi connectivity index (χ0v) is 9.06. The monoisotopic (exact) mass is 213 g/mol. The van der Waals surface area contributed by atoms with Crippen LogP contribution in [0.4, 0.5) is 0 Å². The van der Waals surface area contributed by atoms with Crippen molar-refractivity contribution in [2.75, 3.05) is 20.1 Å². The Bertz CT molecular complexity index is 346. The minimum Gasteiger partial charge on any atom is -0.316 e. The first-order chi connectivity index (χ1) is 6.78. The highest BCUT2D eigenvalue weighted by atomic mass is 32.1. The smallest absolute Gasteiger partial charge is 0.304 e. The van der Waals surface area contributed by atoms with Crippen molar-refractivity contribution in [3.05, 3.63) is 20.7 Å². The van der Waals surface area contributed by atoms with Gasteiger partial charge in [-0.2, -0.15) is 0 Å². The van der Waals surface area contributed by atoms with Gasteiger partial charge >= 0.3 is 4.87 Å². The number of nitrogens with one attached hydrogen (secondary N) is 2. The van der Waals surface area contributed by atoms with E-state index in [1.54, 1.807) is 0 Å². The third-order valence-corrected chi connectivity index (χ3v) is 3.36. The molecule has 1 aliphatic heterocycles. The minimum absolute atomic E-state index is 0.0457. The van der Waals surface area contributed by atoms with Gasteiger partial charge in [0, 0.05) is 36.8 Å². The molecule has 1 fully saturated rings. The van der Waals surface area contributed by atoms with Crippen LogP contribution in [0, 0.1) is 0 Å². The summed E-state index contributed by atoms with van der Waals surface area (Å²) in [5.74, 6) is 0. The van der Waals surface area contributed by atoms with Crippen molar-refractivity contribution in [1.82, 2.24) is 15.2 Å². The van der Waals surface area contributed by atoms with E-state index in [-0.39, 0.29) is 4.87 Å². The first-order valence-electron chi connectivity index (χ1n) is 4.84. The number of aromatic nitrogens is 1. The number of thiazole rings is 1. The molecule has 4 nitrogen and oxygen atoms in total. The Morgan fingerprint density at radius 2 is 2.64 bits per heavy atom.